The van der Waals surface area contributed by atoms with Crippen LogP contribution in [-0.2, 0) is 14.8 Å². The Balaban J connectivity index is 2.98. The predicted octanol–water partition coefficient (Wildman–Crippen LogP) is 1.03. The standard InChI is InChI=1S/C13H20N2O3S/c1-5-14-12(16)8-15-19(17,18)13-10(3)6-9(2)7-11(13)4/h6-7,15H,5,8H2,1-4H3,(H,14,16). The number of nitrogens with one attached hydrogen (secondary N) is 2. The summed E-state index contributed by atoms with van der Waals surface area (Å²) >= 11 is 0. The second-order valence-electron chi connectivity index (χ2n) is 4.51. The van der Waals surface area contributed by atoms with Crippen LogP contribution in [0.25, 0.3) is 0 Å². The molecule has 19 heavy (non-hydrogen) atoms. The summed E-state index contributed by atoms with van der Waals surface area (Å²) in [6.07, 6.45) is 0. The fourth-order valence-corrected chi connectivity index (χ4v) is 3.51. The van der Waals surface area contributed by atoms with Crippen molar-refractivity contribution in [2.45, 2.75) is 32.6 Å². The molecule has 0 aliphatic heterocycles. The molecule has 0 saturated heterocycles. The van der Waals surface area contributed by atoms with Gasteiger partial charge in [0.15, 0.2) is 0 Å². The summed E-state index contributed by atoms with van der Waals surface area (Å²) in [5.41, 5.74) is 2.37. The molecule has 0 heterocycles. The van der Waals surface area contributed by atoms with Crippen molar-refractivity contribution in [3.05, 3.63) is 28.8 Å². The Hall–Kier alpha value is -1.40. The quantitative estimate of drug-likeness (QED) is 0.848. The summed E-state index contributed by atoms with van der Waals surface area (Å²) in [6.45, 7) is 7.42. The minimum absolute atomic E-state index is 0.247. The average Bonchev–Trinajstić information content (AvgIpc) is 2.25. The molecule has 0 unspecified atom stereocenters. The number of carbonyl (C=O) groups is 1. The molecule has 1 rings (SSSR count). The number of likely N-dealkylation sites (N-methyl/N-ethyl adjacent to an activating group) is 1. The van der Waals surface area contributed by atoms with E-state index in [1.165, 1.54) is 0 Å². The molecular formula is C13H20N2O3S. The molecule has 1 amide bonds. The van der Waals surface area contributed by atoms with Crippen molar-refractivity contribution in [3.8, 4) is 0 Å². The van der Waals surface area contributed by atoms with Crippen LogP contribution >= 0.6 is 0 Å². The molecular weight excluding hydrogens is 264 g/mol. The van der Waals surface area contributed by atoms with Gasteiger partial charge in [0.2, 0.25) is 15.9 Å². The minimum atomic E-state index is -3.66. The summed E-state index contributed by atoms with van der Waals surface area (Å²) in [4.78, 5) is 11.6. The fourth-order valence-electron chi connectivity index (χ4n) is 2.08. The van der Waals surface area contributed by atoms with Crippen molar-refractivity contribution in [1.82, 2.24) is 10.0 Å². The van der Waals surface area contributed by atoms with Gasteiger partial charge in [-0.25, -0.2) is 13.1 Å². The summed E-state index contributed by atoms with van der Waals surface area (Å²) in [5.74, 6) is -0.339. The van der Waals surface area contributed by atoms with E-state index in [4.69, 9.17) is 0 Å². The van der Waals surface area contributed by atoms with Gasteiger partial charge in [0.25, 0.3) is 0 Å². The van der Waals surface area contributed by atoms with Crippen LogP contribution in [0.5, 0.6) is 0 Å². The maximum absolute atomic E-state index is 12.2. The molecule has 0 aromatic heterocycles. The third-order valence-corrected chi connectivity index (χ3v) is 4.38. The first-order valence-electron chi connectivity index (χ1n) is 6.12. The molecule has 1 aromatic carbocycles. The van der Waals surface area contributed by atoms with Crippen molar-refractivity contribution in [2.24, 2.45) is 0 Å². The molecule has 6 heteroatoms. The van der Waals surface area contributed by atoms with Gasteiger partial charge < -0.3 is 5.32 Å². The maximum Gasteiger partial charge on any atom is 0.241 e. The van der Waals surface area contributed by atoms with Crippen LogP contribution < -0.4 is 10.0 Å². The van der Waals surface area contributed by atoms with Gasteiger partial charge >= 0.3 is 0 Å². The monoisotopic (exact) mass is 284 g/mol. The molecule has 0 atom stereocenters. The first-order chi connectivity index (χ1) is 8.77. The molecule has 0 aliphatic rings. The highest BCUT2D eigenvalue weighted by atomic mass is 32.2. The number of aryl methyl sites for hydroxylation is 3. The Morgan fingerprint density at radius 2 is 1.68 bits per heavy atom. The lowest BCUT2D eigenvalue weighted by Gasteiger charge is -2.13. The molecule has 0 saturated carbocycles. The van der Waals surface area contributed by atoms with Gasteiger partial charge in [0.1, 0.15) is 0 Å². The van der Waals surface area contributed by atoms with Gasteiger partial charge in [-0.15, -0.1) is 0 Å². The van der Waals surface area contributed by atoms with Gasteiger partial charge in [-0.3, -0.25) is 4.79 Å². The molecule has 1 aromatic rings. The fraction of sp³-hybridized carbons (Fsp3) is 0.462. The topological polar surface area (TPSA) is 75.3 Å². The van der Waals surface area contributed by atoms with Gasteiger partial charge in [-0.05, 0) is 38.8 Å². The Labute approximate surface area is 114 Å². The van der Waals surface area contributed by atoms with E-state index >= 15 is 0 Å². The summed E-state index contributed by atoms with van der Waals surface area (Å²) < 4.78 is 26.7. The Kier molecular flexibility index (Phi) is 5.08. The SMILES string of the molecule is CCNC(=O)CNS(=O)(=O)c1c(C)cc(C)cc1C. The van der Waals surface area contributed by atoms with E-state index in [2.05, 4.69) is 10.0 Å². The molecule has 106 valence electrons. The van der Waals surface area contributed by atoms with Crippen LogP contribution in [0.2, 0.25) is 0 Å². The lowest BCUT2D eigenvalue weighted by atomic mass is 10.1. The number of rotatable bonds is 5. The Morgan fingerprint density at radius 3 is 2.16 bits per heavy atom. The normalized spacial score (nSPS) is 11.4. The molecule has 5 nitrogen and oxygen atoms in total. The van der Waals surface area contributed by atoms with Crippen molar-refractivity contribution in [1.29, 1.82) is 0 Å². The molecule has 0 aliphatic carbocycles. The van der Waals surface area contributed by atoms with Gasteiger partial charge in [0, 0.05) is 6.54 Å². The first kappa shape index (κ1) is 15.7. The van der Waals surface area contributed by atoms with E-state index < -0.39 is 10.0 Å². The maximum atomic E-state index is 12.2. The van der Waals surface area contributed by atoms with Crippen LogP contribution in [-0.4, -0.2) is 27.4 Å². The van der Waals surface area contributed by atoms with Crippen LogP contribution in [0.1, 0.15) is 23.6 Å². The van der Waals surface area contributed by atoms with Crippen molar-refractivity contribution in [3.63, 3.8) is 0 Å². The van der Waals surface area contributed by atoms with E-state index in [1.807, 2.05) is 19.1 Å². The average molecular weight is 284 g/mol. The zero-order chi connectivity index (χ0) is 14.6. The smallest absolute Gasteiger partial charge is 0.241 e. The first-order valence-corrected chi connectivity index (χ1v) is 7.60. The summed E-state index contributed by atoms with van der Waals surface area (Å²) in [6, 6.07) is 3.63. The van der Waals surface area contributed by atoms with Gasteiger partial charge in [-0.1, -0.05) is 17.7 Å². The van der Waals surface area contributed by atoms with E-state index in [1.54, 1.807) is 20.8 Å². The number of sulfonamides is 1. The number of hydrogen-bond acceptors (Lipinski definition) is 3. The van der Waals surface area contributed by atoms with Crippen LogP contribution in [0, 0.1) is 20.8 Å². The minimum Gasteiger partial charge on any atom is -0.355 e. The van der Waals surface area contributed by atoms with Crippen molar-refractivity contribution >= 4 is 15.9 Å². The Bertz CT molecular complexity index is 557. The number of amides is 1. The van der Waals surface area contributed by atoms with Crippen LogP contribution in [0.15, 0.2) is 17.0 Å². The van der Waals surface area contributed by atoms with Crippen molar-refractivity contribution in [2.75, 3.05) is 13.1 Å². The van der Waals surface area contributed by atoms with Gasteiger partial charge in [-0.2, -0.15) is 0 Å². The number of carbonyl (C=O) groups excluding carboxylic acids is 1. The number of benzene rings is 1. The van der Waals surface area contributed by atoms with Crippen molar-refractivity contribution < 1.29 is 13.2 Å². The Morgan fingerprint density at radius 1 is 1.16 bits per heavy atom. The zero-order valence-electron chi connectivity index (χ0n) is 11.7. The lowest BCUT2D eigenvalue weighted by molar-refractivity contribution is -0.119. The van der Waals surface area contributed by atoms with E-state index in [-0.39, 0.29) is 17.3 Å². The van der Waals surface area contributed by atoms with Crippen LogP contribution in [0.4, 0.5) is 0 Å². The largest absolute Gasteiger partial charge is 0.355 e. The molecule has 0 fully saturated rings. The highest BCUT2D eigenvalue weighted by Crippen LogP contribution is 2.21. The highest BCUT2D eigenvalue weighted by molar-refractivity contribution is 7.89. The second-order valence-corrected chi connectivity index (χ2v) is 6.21. The molecule has 0 radical (unpaired) electrons. The van der Waals surface area contributed by atoms with E-state index in [0.717, 1.165) is 5.56 Å². The summed E-state index contributed by atoms with van der Waals surface area (Å²) in [5, 5.41) is 2.54. The number of hydrogen-bond donors (Lipinski definition) is 2. The highest BCUT2D eigenvalue weighted by Gasteiger charge is 2.20. The third-order valence-electron chi connectivity index (χ3n) is 2.67. The van der Waals surface area contributed by atoms with Gasteiger partial charge in [0.05, 0.1) is 11.4 Å². The van der Waals surface area contributed by atoms with Crippen LogP contribution in [0.3, 0.4) is 0 Å². The van der Waals surface area contributed by atoms with E-state index in [9.17, 15) is 13.2 Å². The molecule has 0 bridgehead atoms. The molecule has 0 spiro atoms. The van der Waals surface area contributed by atoms with E-state index in [0.29, 0.717) is 17.7 Å². The predicted molar refractivity (Wildman–Crippen MR) is 74.5 cm³/mol. The lowest BCUT2D eigenvalue weighted by Crippen LogP contribution is -2.37. The second kappa shape index (κ2) is 6.16. The summed E-state index contributed by atoms with van der Waals surface area (Å²) in [7, 11) is -3.66. The molecule has 2 N–H and O–H groups in total. The third kappa shape index (κ3) is 4.04. The zero-order valence-corrected chi connectivity index (χ0v) is 12.5.